The van der Waals surface area contributed by atoms with Crippen LogP contribution in [0.25, 0.3) is 0 Å². The van der Waals surface area contributed by atoms with E-state index in [2.05, 4.69) is 45.2 Å². The highest BCUT2D eigenvalue weighted by Gasteiger charge is 2.51. The molecule has 12 heteroatoms. The van der Waals surface area contributed by atoms with Crippen LogP contribution in [0, 0.1) is 0 Å². The van der Waals surface area contributed by atoms with Crippen LogP contribution in [0.4, 0.5) is 0 Å². The number of hydrogen-bond acceptors (Lipinski definition) is 8. The van der Waals surface area contributed by atoms with Gasteiger partial charge >= 0.3 is 0 Å². The Kier molecular flexibility index (Phi) is 18.0. The van der Waals surface area contributed by atoms with E-state index in [1.54, 1.807) is 9.80 Å². The van der Waals surface area contributed by atoms with Gasteiger partial charge in [-0.15, -0.1) is 11.8 Å². The van der Waals surface area contributed by atoms with Gasteiger partial charge in [0, 0.05) is 37.4 Å². The van der Waals surface area contributed by atoms with Crippen molar-refractivity contribution in [3.05, 3.63) is 71.8 Å². The van der Waals surface area contributed by atoms with Crippen molar-refractivity contribution in [2.24, 2.45) is 0 Å². The van der Waals surface area contributed by atoms with Gasteiger partial charge in [0.05, 0.1) is 23.7 Å². The Balaban J connectivity index is 0.000000250. The summed E-state index contributed by atoms with van der Waals surface area (Å²) in [6, 6.07) is 19.6. The summed E-state index contributed by atoms with van der Waals surface area (Å²) in [4.78, 5) is 28.5. The molecule has 0 bridgehead atoms. The molecule has 2 aliphatic heterocycles. The van der Waals surface area contributed by atoms with Gasteiger partial charge in [0.2, 0.25) is 11.8 Å². The summed E-state index contributed by atoms with van der Waals surface area (Å²) in [5, 5.41) is 40.1. The molecular formula is C34H48I2N2O6S2. The predicted molar refractivity (Wildman–Crippen MR) is 205 cm³/mol. The second-order valence-corrected chi connectivity index (χ2v) is 16.4. The summed E-state index contributed by atoms with van der Waals surface area (Å²) >= 11 is 7.62. The van der Waals surface area contributed by atoms with E-state index in [0.29, 0.717) is 50.3 Å². The molecule has 0 radical (unpaired) electrons. The average Bonchev–Trinajstić information content (AvgIpc) is 3.44. The SMILES string of the molecule is O=C1C(SCCO)CC(O)(CCCCI)N1Cc1ccccc1.O=C1CC(SCCO)C(O)(CCCCI)N1Cc1ccccc1. The molecule has 2 aliphatic rings. The molecule has 2 amide bonds. The zero-order valence-electron chi connectivity index (χ0n) is 26.3. The lowest BCUT2D eigenvalue weighted by Gasteiger charge is -2.37. The lowest BCUT2D eigenvalue weighted by atomic mass is 10.0. The second kappa shape index (κ2) is 20.8. The largest absolute Gasteiger partial charge is 0.396 e. The normalized spacial score (nSPS) is 24.4. The van der Waals surface area contributed by atoms with E-state index in [4.69, 9.17) is 10.2 Å². The highest BCUT2D eigenvalue weighted by atomic mass is 127. The Morgan fingerprint density at radius 2 is 1.26 bits per heavy atom. The van der Waals surface area contributed by atoms with E-state index in [0.717, 1.165) is 45.7 Å². The maximum atomic E-state index is 12.7. The topological polar surface area (TPSA) is 122 Å². The van der Waals surface area contributed by atoms with Crippen LogP contribution < -0.4 is 0 Å². The summed E-state index contributed by atoms with van der Waals surface area (Å²) in [7, 11) is 0. The van der Waals surface area contributed by atoms with Gasteiger partial charge in [0.15, 0.2) is 5.72 Å². The zero-order chi connectivity index (χ0) is 33.4. The molecular weight excluding hydrogens is 850 g/mol. The van der Waals surface area contributed by atoms with Crippen LogP contribution in [-0.4, -0.2) is 97.6 Å². The second-order valence-electron chi connectivity index (χ2n) is 11.6. The number of benzene rings is 2. The molecule has 2 aromatic carbocycles. The predicted octanol–water partition coefficient (Wildman–Crippen LogP) is 5.61. The van der Waals surface area contributed by atoms with Crippen LogP contribution in [0.1, 0.15) is 62.5 Å². The molecule has 0 aromatic heterocycles. The molecule has 4 rings (SSSR count). The van der Waals surface area contributed by atoms with Crippen molar-refractivity contribution in [3.63, 3.8) is 0 Å². The third-order valence-electron chi connectivity index (χ3n) is 8.28. The Morgan fingerprint density at radius 3 is 1.80 bits per heavy atom. The Hall–Kier alpha value is -0.620. The minimum Gasteiger partial charge on any atom is -0.396 e. The fraction of sp³-hybridized carbons (Fsp3) is 0.588. The molecule has 2 saturated heterocycles. The molecule has 0 aliphatic carbocycles. The number of thioether (sulfide) groups is 2. The zero-order valence-corrected chi connectivity index (χ0v) is 32.3. The molecule has 4 N–H and O–H groups in total. The monoisotopic (exact) mass is 898 g/mol. The third-order valence-corrected chi connectivity index (χ3v) is 12.4. The van der Waals surface area contributed by atoms with Gasteiger partial charge in [-0.2, -0.15) is 11.8 Å². The highest BCUT2D eigenvalue weighted by Crippen LogP contribution is 2.41. The van der Waals surface area contributed by atoms with Gasteiger partial charge in [0.1, 0.15) is 5.72 Å². The molecule has 2 fully saturated rings. The fourth-order valence-corrected chi connectivity index (χ4v) is 9.19. The molecule has 2 heterocycles. The van der Waals surface area contributed by atoms with Crippen molar-refractivity contribution >= 4 is 80.5 Å². The molecule has 0 saturated carbocycles. The van der Waals surface area contributed by atoms with Crippen LogP contribution >= 0.6 is 68.7 Å². The Morgan fingerprint density at radius 1 is 0.739 bits per heavy atom. The van der Waals surface area contributed by atoms with Gasteiger partial charge in [-0.1, -0.05) is 106 Å². The lowest BCUT2D eigenvalue weighted by Crippen LogP contribution is -2.50. The average molecular weight is 899 g/mol. The highest BCUT2D eigenvalue weighted by molar-refractivity contribution is 14.1. The molecule has 4 unspecified atom stereocenters. The van der Waals surface area contributed by atoms with E-state index in [9.17, 15) is 19.8 Å². The van der Waals surface area contributed by atoms with Crippen molar-refractivity contribution in [1.82, 2.24) is 9.80 Å². The fourth-order valence-electron chi connectivity index (χ4n) is 5.91. The van der Waals surface area contributed by atoms with E-state index in [-0.39, 0.29) is 35.5 Å². The number of aliphatic hydroxyl groups is 4. The number of unbranched alkanes of at least 4 members (excludes halogenated alkanes) is 2. The van der Waals surface area contributed by atoms with E-state index in [1.807, 2.05) is 60.7 Å². The smallest absolute Gasteiger partial charge is 0.238 e. The molecule has 2 aromatic rings. The number of likely N-dealkylation sites (tertiary alicyclic amines) is 2. The van der Waals surface area contributed by atoms with Crippen LogP contribution in [0.2, 0.25) is 0 Å². The minimum absolute atomic E-state index is 0.00117. The number of nitrogens with zero attached hydrogens (tertiary/aromatic N) is 2. The molecule has 256 valence electrons. The first kappa shape index (κ1) is 39.8. The van der Waals surface area contributed by atoms with Gasteiger partial charge in [-0.25, -0.2) is 0 Å². The quantitative estimate of drug-likeness (QED) is 0.0867. The van der Waals surface area contributed by atoms with E-state index in [1.165, 1.54) is 23.5 Å². The molecule has 46 heavy (non-hydrogen) atoms. The van der Waals surface area contributed by atoms with E-state index < -0.39 is 11.4 Å². The lowest BCUT2D eigenvalue weighted by molar-refractivity contribution is -0.149. The first-order valence-corrected chi connectivity index (χ1v) is 21.1. The van der Waals surface area contributed by atoms with Crippen molar-refractivity contribution in [3.8, 4) is 0 Å². The van der Waals surface area contributed by atoms with Crippen molar-refractivity contribution in [2.75, 3.05) is 33.6 Å². The molecule has 4 atom stereocenters. The number of carbonyl (C=O) groups is 2. The number of hydrogen-bond donors (Lipinski definition) is 4. The number of aliphatic hydroxyl groups excluding tert-OH is 2. The Bertz CT molecular complexity index is 1150. The van der Waals surface area contributed by atoms with Crippen molar-refractivity contribution < 1.29 is 30.0 Å². The van der Waals surface area contributed by atoms with Crippen molar-refractivity contribution in [2.45, 2.75) is 86.4 Å². The maximum absolute atomic E-state index is 12.7. The van der Waals surface area contributed by atoms with Gasteiger partial charge in [-0.3, -0.25) is 9.59 Å². The summed E-state index contributed by atoms with van der Waals surface area (Å²) in [5.74, 6) is 1.07. The van der Waals surface area contributed by atoms with Crippen LogP contribution in [0.15, 0.2) is 60.7 Å². The van der Waals surface area contributed by atoms with Gasteiger partial charge in [-0.05, 0) is 58.5 Å². The van der Waals surface area contributed by atoms with E-state index >= 15 is 0 Å². The van der Waals surface area contributed by atoms with Crippen molar-refractivity contribution in [1.29, 1.82) is 0 Å². The summed E-state index contributed by atoms with van der Waals surface area (Å²) < 4.78 is 2.11. The molecule has 8 nitrogen and oxygen atoms in total. The number of amides is 2. The minimum atomic E-state index is -1.11. The maximum Gasteiger partial charge on any atom is 0.238 e. The number of alkyl halides is 2. The summed E-state index contributed by atoms with van der Waals surface area (Å²) in [6.45, 7) is 1.01. The molecule has 0 spiro atoms. The van der Waals surface area contributed by atoms with Crippen LogP contribution in [0.3, 0.4) is 0 Å². The van der Waals surface area contributed by atoms with Crippen LogP contribution in [0.5, 0.6) is 0 Å². The van der Waals surface area contributed by atoms with Gasteiger partial charge in [0.25, 0.3) is 0 Å². The first-order chi connectivity index (χ1) is 22.2. The number of rotatable bonds is 18. The first-order valence-electron chi connectivity index (χ1n) is 15.9. The summed E-state index contributed by atoms with van der Waals surface area (Å²) in [6.07, 6.45) is 5.90. The number of carbonyl (C=O) groups excluding carboxylic acids is 2. The van der Waals surface area contributed by atoms with Crippen LogP contribution in [-0.2, 0) is 22.7 Å². The summed E-state index contributed by atoms with van der Waals surface area (Å²) in [5.41, 5.74) is -0.119. The van der Waals surface area contributed by atoms with Gasteiger partial charge < -0.3 is 30.2 Å². The Labute approximate surface area is 309 Å². The number of halogens is 2. The third kappa shape index (κ3) is 11.5. The standard InChI is InChI=1S/2C17H24INO3S/c18-9-5-4-8-17(22)12-15(23-11-10-20)16(21)19(17)13-14-6-2-1-3-7-14;18-9-5-4-8-17(22)15(23-11-10-20)12-16(21)19(17)13-14-6-2-1-3-7-14/h2*1-3,6-7,15,20,22H,4-5,8-13H2.